The van der Waals surface area contributed by atoms with Gasteiger partial charge in [-0.25, -0.2) is 0 Å². The number of amides is 1. The number of carbonyl (C=O) groups excluding carboxylic acids is 1. The third-order valence-corrected chi connectivity index (χ3v) is 4.79. The van der Waals surface area contributed by atoms with Crippen LogP contribution >= 0.6 is 0 Å². The average molecular weight is 288 g/mol. The summed E-state index contributed by atoms with van der Waals surface area (Å²) < 4.78 is 5.81. The summed E-state index contributed by atoms with van der Waals surface area (Å²) in [5.74, 6) is 2.72. The van der Waals surface area contributed by atoms with Crippen LogP contribution in [0.15, 0.2) is 24.3 Å². The van der Waals surface area contributed by atoms with Gasteiger partial charge < -0.3 is 15.4 Å². The molecule has 2 N–H and O–H groups in total. The Balaban J connectivity index is 1.42. The van der Waals surface area contributed by atoms with Gasteiger partial charge in [0.15, 0.2) is 0 Å². The molecule has 4 heteroatoms. The number of hydrogen-bond donors (Lipinski definition) is 2. The van der Waals surface area contributed by atoms with Crippen LogP contribution in [0.3, 0.4) is 0 Å². The Morgan fingerprint density at radius 3 is 2.76 bits per heavy atom. The van der Waals surface area contributed by atoms with E-state index in [0.717, 1.165) is 36.3 Å². The molecule has 1 amide bonds. The summed E-state index contributed by atoms with van der Waals surface area (Å²) in [6.45, 7) is 3.79. The van der Waals surface area contributed by atoms with Crippen LogP contribution in [0.5, 0.6) is 5.75 Å². The first kappa shape index (κ1) is 14.4. The van der Waals surface area contributed by atoms with Gasteiger partial charge in [0.05, 0.1) is 6.61 Å². The highest BCUT2D eigenvalue weighted by molar-refractivity contribution is 5.90. The zero-order valence-corrected chi connectivity index (χ0v) is 12.6. The molecule has 1 aromatic rings. The predicted octanol–water partition coefficient (Wildman–Crippen LogP) is 2.80. The Hall–Kier alpha value is -1.55. The molecule has 3 rings (SSSR count). The van der Waals surface area contributed by atoms with Gasteiger partial charge in [-0.1, -0.05) is 6.92 Å². The molecule has 1 aliphatic carbocycles. The van der Waals surface area contributed by atoms with Crippen molar-refractivity contribution in [2.45, 2.75) is 38.6 Å². The van der Waals surface area contributed by atoms with E-state index in [-0.39, 0.29) is 5.91 Å². The number of anilines is 1. The summed E-state index contributed by atoms with van der Waals surface area (Å²) in [5.41, 5.74) is 0.823. The standard InChI is InChI=1S/C17H24N2O2/c1-2-17(20)19-13-4-6-14(7-5-13)21-10-9-16-15-8-3-12(15)11-18-16/h4-7,12,15-16,18H,2-3,8-11H2,1H3,(H,19,20). The van der Waals surface area contributed by atoms with Gasteiger partial charge in [0, 0.05) is 18.2 Å². The molecule has 1 saturated heterocycles. The summed E-state index contributed by atoms with van der Waals surface area (Å²) in [4.78, 5) is 11.3. The predicted molar refractivity (Wildman–Crippen MR) is 83.5 cm³/mol. The van der Waals surface area contributed by atoms with Crippen molar-refractivity contribution in [3.05, 3.63) is 24.3 Å². The summed E-state index contributed by atoms with van der Waals surface area (Å²) in [5, 5.41) is 6.45. The lowest BCUT2D eigenvalue weighted by Gasteiger charge is -2.32. The summed E-state index contributed by atoms with van der Waals surface area (Å²) in [6, 6.07) is 8.25. The maximum absolute atomic E-state index is 11.3. The second-order valence-corrected chi connectivity index (χ2v) is 6.08. The molecule has 4 nitrogen and oxygen atoms in total. The fraction of sp³-hybridized carbons (Fsp3) is 0.588. The molecule has 3 unspecified atom stereocenters. The Labute approximate surface area is 126 Å². The molecule has 1 aromatic carbocycles. The number of carbonyl (C=O) groups is 1. The maximum Gasteiger partial charge on any atom is 0.224 e. The number of hydrogen-bond acceptors (Lipinski definition) is 3. The summed E-state index contributed by atoms with van der Waals surface area (Å²) in [6.07, 6.45) is 4.36. The minimum Gasteiger partial charge on any atom is -0.494 e. The van der Waals surface area contributed by atoms with Crippen molar-refractivity contribution in [1.29, 1.82) is 0 Å². The number of benzene rings is 1. The van der Waals surface area contributed by atoms with Crippen molar-refractivity contribution >= 4 is 11.6 Å². The normalized spacial score (nSPS) is 26.8. The molecule has 114 valence electrons. The Bertz CT molecular complexity index is 486. The molecule has 1 heterocycles. The van der Waals surface area contributed by atoms with Crippen LogP contribution in [0.2, 0.25) is 0 Å². The van der Waals surface area contributed by atoms with E-state index in [1.165, 1.54) is 19.4 Å². The fourth-order valence-electron chi connectivity index (χ4n) is 3.34. The highest BCUT2D eigenvalue weighted by Gasteiger charge is 2.41. The van der Waals surface area contributed by atoms with Crippen LogP contribution in [-0.2, 0) is 4.79 Å². The second-order valence-electron chi connectivity index (χ2n) is 6.08. The van der Waals surface area contributed by atoms with E-state index in [1.807, 2.05) is 31.2 Å². The summed E-state index contributed by atoms with van der Waals surface area (Å²) in [7, 11) is 0. The zero-order chi connectivity index (χ0) is 14.7. The molecule has 1 saturated carbocycles. The Kier molecular flexibility index (Phi) is 4.44. The van der Waals surface area contributed by atoms with Gasteiger partial charge in [-0.15, -0.1) is 0 Å². The topological polar surface area (TPSA) is 50.4 Å². The van der Waals surface area contributed by atoms with Crippen LogP contribution in [-0.4, -0.2) is 25.1 Å². The SMILES string of the molecule is CCC(=O)Nc1ccc(OCCC2NCC3CCC32)cc1. The average Bonchev–Trinajstić information content (AvgIpc) is 2.74. The Morgan fingerprint density at radius 1 is 1.33 bits per heavy atom. The molecular weight excluding hydrogens is 264 g/mol. The first-order chi connectivity index (χ1) is 10.3. The summed E-state index contributed by atoms with van der Waals surface area (Å²) >= 11 is 0. The molecule has 0 aromatic heterocycles. The molecular formula is C17H24N2O2. The van der Waals surface area contributed by atoms with Gasteiger partial charge in [-0.3, -0.25) is 4.79 Å². The quantitative estimate of drug-likeness (QED) is 0.846. The lowest BCUT2D eigenvalue weighted by Crippen LogP contribution is -2.32. The molecule has 21 heavy (non-hydrogen) atoms. The second kappa shape index (κ2) is 6.48. The van der Waals surface area contributed by atoms with Crippen molar-refractivity contribution in [2.75, 3.05) is 18.5 Å². The maximum atomic E-state index is 11.3. The van der Waals surface area contributed by atoms with Crippen molar-refractivity contribution in [1.82, 2.24) is 5.32 Å². The number of fused-ring (bicyclic) bond motifs is 1. The van der Waals surface area contributed by atoms with Gasteiger partial charge in [-0.05, 0) is 61.9 Å². The van der Waals surface area contributed by atoms with Crippen LogP contribution < -0.4 is 15.4 Å². The molecule has 2 fully saturated rings. The molecule has 2 aliphatic rings. The smallest absolute Gasteiger partial charge is 0.224 e. The van der Waals surface area contributed by atoms with Crippen LogP contribution in [0.1, 0.15) is 32.6 Å². The first-order valence-corrected chi connectivity index (χ1v) is 8.02. The minimum atomic E-state index is 0.0334. The third kappa shape index (κ3) is 3.38. The van der Waals surface area contributed by atoms with Crippen molar-refractivity contribution in [3.63, 3.8) is 0 Å². The van der Waals surface area contributed by atoms with Gasteiger partial charge >= 0.3 is 0 Å². The largest absolute Gasteiger partial charge is 0.494 e. The minimum absolute atomic E-state index is 0.0334. The number of ether oxygens (including phenoxy) is 1. The highest BCUT2D eigenvalue weighted by Crippen LogP contribution is 2.41. The van der Waals surface area contributed by atoms with E-state index in [9.17, 15) is 4.79 Å². The van der Waals surface area contributed by atoms with Crippen molar-refractivity contribution in [3.8, 4) is 5.75 Å². The lowest BCUT2D eigenvalue weighted by molar-refractivity contribution is -0.115. The van der Waals surface area contributed by atoms with Crippen LogP contribution in [0.4, 0.5) is 5.69 Å². The van der Waals surface area contributed by atoms with Gasteiger partial charge in [0.25, 0.3) is 0 Å². The Morgan fingerprint density at radius 2 is 2.14 bits per heavy atom. The van der Waals surface area contributed by atoms with Crippen molar-refractivity contribution < 1.29 is 9.53 Å². The van der Waals surface area contributed by atoms with E-state index >= 15 is 0 Å². The van der Waals surface area contributed by atoms with Crippen LogP contribution in [0, 0.1) is 11.8 Å². The van der Waals surface area contributed by atoms with Crippen LogP contribution in [0.25, 0.3) is 0 Å². The lowest BCUT2D eigenvalue weighted by atomic mass is 9.72. The number of nitrogens with one attached hydrogen (secondary N) is 2. The highest BCUT2D eigenvalue weighted by atomic mass is 16.5. The van der Waals surface area contributed by atoms with E-state index in [2.05, 4.69) is 10.6 Å². The molecule has 1 aliphatic heterocycles. The molecule has 0 radical (unpaired) electrons. The zero-order valence-electron chi connectivity index (χ0n) is 12.6. The molecule has 3 atom stereocenters. The van der Waals surface area contributed by atoms with Gasteiger partial charge in [0.2, 0.25) is 5.91 Å². The van der Waals surface area contributed by atoms with E-state index < -0.39 is 0 Å². The monoisotopic (exact) mass is 288 g/mol. The number of rotatable bonds is 6. The van der Waals surface area contributed by atoms with Crippen molar-refractivity contribution in [2.24, 2.45) is 11.8 Å². The third-order valence-electron chi connectivity index (χ3n) is 4.79. The van der Waals surface area contributed by atoms with Gasteiger partial charge in [0.1, 0.15) is 5.75 Å². The van der Waals surface area contributed by atoms with E-state index in [1.54, 1.807) is 0 Å². The fourth-order valence-corrected chi connectivity index (χ4v) is 3.34. The molecule has 0 bridgehead atoms. The van der Waals surface area contributed by atoms with Gasteiger partial charge in [-0.2, -0.15) is 0 Å². The molecule has 0 spiro atoms. The first-order valence-electron chi connectivity index (χ1n) is 8.02. The van der Waals surface area contributed by atoms with E-state index in [4.69, 9.17) is 4.74 Å². The van der Waals surface area contributed by atoms with E-state index in [0.29, 0.717) is 12.5 Å².